The Morgan fingerprint density at radius 3 is 2.94 bits per heavy atom. The van der Waals surface area contributed by atoms with Crippen LogP contribution >= 0.6 is 11.3 Å². The third-order valence-corrected chi connectivity index (χ3v) is 2.96. The molecule has 2 rings (SSSR count). The minimum absolute atomic E-state index is 0.160. The van der Waals surface area contributed by atoms with Crippen LogP contribution in [-0.2, 0) is 11.3 Å². The van der Waals surface area contributed by atoms with Crippen LogP contribution in [0.5, 0.6) is 5.75 Å². The molecule has 2 N–H and O–H groups in total. The number of esters is 1. The molecule has 0 aliphatic carbocycles. The maximum absolute atomic E-state index is 11.8. The lowest BCUT2D eigenvalue weighted by Crippen LogP contribution is -2.06. The topological polar surface area (TPSA) is 74.4 Å². The summed E-state index contributed by atoms with van der Waals surface area (Å²) in [6, 6.07) is 4.77. The lowest BCUT2D eigenvalue weighted by atomic mass is 10.2. The molecule has 18 heavy (non-hydrogen) atoms. The van der Waals surface area contributed by atoms with Crippen molar-refractivity contribution in [2.24, 2.45) is 0 Å². The van der Waals surface area contributed by atoms with E-state index in [9.17, 15) is 4.79 Å². The van der Waals surface area contributed by atoms with Gasteiger partial charge in [0.2, 0.25) is 0 Å². The minimum Gasteiger partial charge on any atom is -0.497 e. The van der Waals surface area contributed by atoms with Crippen molar-refractivity contribution in [2.75, 3.05) is 12.8 Å². The number of carbonyl (C=O) groups excluding carboxylic acids is 1. The first-order valence-corrected chi connectivity index (χ1v) is 6.07. The summed E-state index contributed by atoms with van der Waals surface area (Å²) < 4.78 is 10.2. The highest BCUT2D eigenvalue weighted by atomic mass is 32.1. The molecule has 0 spiro atoms. The smallest absolute Gasteiger partial charge is 0.338 e. The van der Waals surface area contributed by atoms with Gasteiger partial charge >= 0.3 is 5.97 Å². The number of ether oxygens (including phenoxy) is 2. The Balaban J connectivity index is 2.06. The Kier molecular flexibility index (Phi) is 3.78. The number of nitrogens with two attached hydrogens (primary N) is 1. The number of hydrogen-bond acceptors (Lipinski definition) is 6. The zero-order valence-electron chi connectivity index (χ0n) is 9.75. The van der Waals surface area contributed by atoms with Crippen LogP contribution in [0, 0.1) is 0 Å². The Labute approximate surface area is 108 Å². The van der Waals surface area contributed by atoms with Gasteiger partial charge in [-0.15, -0.1) is 11.3 Å². The van der Waals surface area contributed by atoms with E-state index < -0.39 is 5.97 Å². The molecule has 0 unspecified atom stereocenters. The Morgan fingerprint density at radius 1 is 1.44 bits per heavy atom. The highest BCUT2D eigenvalue weighted by Gasteiger charge is 2.10. The quantitative estimate of drug-likeness (QED) is 0.676. The summed E-state index contributed by atoms with van der Waals surface area (Å²) in [5.74, 6) is 0.0759. The predicted octanol–water partition coefficient (Wildman–Crippen LogP) is 2.09. The number of hydrogen-bond donors (Lipinski definition) is 1. The first kappa shape index (κ1) is 12.4. The van der Waals surface area contributed by atoms with Gasteiger partial charge in [-0.05, 0) is 12.1 Å². The van der Waals surface area contributed by atoms with E-state index in [0.717, 1.165) is 5.01 Å². The summed E-state index contributed by atoms with van der Waals surface area (Å²) in [6.07, 6.45) is 1.66. The average molecular weight is 264 g/mol. The van der Waals surface area contributed by atoms with Gasteiger partial charge in [-0.25, -0.2) is 9.78 Å². The molecular weight excluding hydrogens is 252 g/mol. The Hall–Kier alpha value is -2.08. The van der Waals surface area contributed by atoms with E-state index in [1.54, 1.807) is 24.4 Å². The van der Waals surface area contributed by atoms with E-state index in [-0.39, 0.29) is 6.61 Å². The standard InChI is InChI=1S/C12H12N2O3S/c1-16-10-5-8(4-9(13)6-10)12(15)17-7-11-14-2-3-18-11/h2-6H,7,13H2,1H3. The van der Waals surface area contributed by atoms with Gasteiger partial charge in [-0.2, -0.15) is 0 Å². The predicted molar refractivity (Wildman–Crippen MR) is 68.6 cm³/mol. The fourth-order valence-electron chi connectivity index (χ4n) is 1.39. The van der Waals surface area contributed by atoms with Crippen LogP contribution in [0.25, 0.3) is 0 Å². The van der Waals surface area contributed by atoms with Crippen molar-refractivity contribution < 1.29 is 14.3 Å². The van der Waals surface area contributed by atoms with Gasteiger partial charge in [0.15, 0.2) is 0 Å². The molecule has 0 fully saturated rings. The molecular formula is C12H12N2O3S. The van der Waals surface area contributed by atoms with Crippen LogP contribution in [0.15, 0.2) is 29.8 Å². The van der Waals surface area contributed by atoms with Crippen LogP contribution in [0.4, 0.5) is 5.69 Å². The van der Waals surface area contributed by atoms with Crippen LogP contribution in [0.1, 0.15) is 15.4 Å². The van der Waals surface area contributed by atoms with E-state index in [1.165, 1.54) is 18.4 Å². The summed E-state index contributed by atoms with van der Waals surface area (Å²) in [7, 11) is 1.51. The number of carbonyl (C=O) groups is 1. The largest absolute Gasteiger partial charge is 0.497 e. The van der Waals surface area contributed by atoms with Crippen molar-refractivity contribution in [3.8, 4) is 5.75 Å². The van der Waals surface area contributed by atoms with Crippen LogP contribution in [-0.4, -0.2) is 18.1 Å². The molecule has 0 radical (unpaired) electrons. The lowest BCUT2D eigenvalue weighted by molar-refractivity contribution is 0.0472. The Bertz CT molecular complexity index is 540. The SMILES string of the molecule is COc1cc(N)cc(C(=O)OCc2nccs2)c1. The first-order valence-electron chi connectivity index (χ1n) is 5.19. The summed E-state index contributed by atoms with van der Waals surface area (Å²) in [4.78, 5) is 15.8. The fraction of sp³-hybridized carbons (Fsp3) is 0.167. The van der Waals surface area contributed by atoms with E-state index in [1.807, 2.05) is 5.38 Å². The third kappa shape index (κ3) is 2.98. The molecule has 0 saturated carbocycles. The number of aromatic nitrogens is 1. The molecule has 1 heterocycles. The Morgan fingerprint density at radius 2 is 2.28 bits per heavy atom. The number of methoxy groups -OCH3 is 1. The highest BCUT2D eigenvalue weighted by molar-refractivity contribution is 7.09. The third-order valence-electron chi connectivity index (χ3n) is 2.21. The van der Waals surface area contributed by atoms with Crippen molar-refractivity contribution in [1.82, 2.24) is 4.98 Å². The van der Waals surface area contributed by atoms with Gasteiger partial charge in [0, 0.05) is 23.3 Å². The van der Waals surface area contributed by atoms with Crippen molar-refractivity contribution in [2.45, 2.75) is 6.61 Å². The number of anilines is 1. The first-order chi connectivity index (χ1) is 8.69. The fourth-order valence-corrected chi connectivity index (χ4v) is 1.92. The van der Waals surface area contributed by atoms with Crippen molar-refractivity contribution in [3.63, 3.8) is 0 Å². The van der Waals surface area contributed by atoms with E-state index in [4.69, 9.17) is 15.2 Å². The van der Waals surface area contributed by atoms with E-state index in [0.29, 0.717) is 17.0 Å². The highest BCUT2D eigenvalue weighted by Crippen LogP contribution is 2.19. The van der Waals surface area contributed by atoms with Crippen LogP contribution in [0.3, 0.4) is 0 Å². The second kappa shape index (κ2) is 5.50. The summed E-state index contributed by atoms with van der Waals surface area (Å²) in [6.45, 7) is 0.160. The monoisotopic (exact) mass is 264 g/mol. The molecule has 6 heteroatoms. The molecule has 0 atom stereocenters. The molecule has 1 aromatic heterocycles. The molecule has 0 amide bonds. The number of rotatable bonds is 4. The molecule has 0 bridgehead atoms. The molecule has 94 valence electrons. The summed E-state index contributed by atoms with van der Waals surface area (Å²) in [5.41, 5.74) is 6.48. The molecule has 2 aromatic rings. The number of benzene rings is 1. The van der Waals surface area contributed by atoms with E-state index >= 15 is 0 Å². The molecule has 1 aromatic carbocycles. The minimum atomic E-state index is -0.448. The van der Waals surface area contributed by atoms with Crippen LogP contribution < -0.4 is 10.5 Å². The maximum Gasteiger partial charge on any atom is 0.338 e. The average Bonchev–Trinajstić information content (AvgIpc) is 2.88. The maximum atomic E-state index is 11.8. The van der Waals surface area contributed by atoms with Gasteiger partial charge in [-0.3, -0.25) is 0 Å². The van der Waals surface area contributed by atoms with Gasteiger partial charge in [0.1, 0.15) is 17.4 Å². The van der Waals surface area contributed by atoms with Crippen molar-refractivity contribution in [3.05, 3.63) is 40.3 Å². The molecule has 0 aliphatic rings. The lowest BCUT2D eigenvalue weighted by Gasteiger charge is -2.06. The van der Waals surface area contributed by atoms with Gasteiger partial charge in [0.25, 0.3) is 0 Å². The number of nitrogens with zero attached hydrogens (tertiary/aromatic N) is 1. The van der Waals surface area contributed by atoms with Gasteiger partial charge in [0.05, 0.1) is 12.7 Å². The summed E-state index contributed by atoms with van der Waals surface area (Å²) >= 11 is 1.43. The normalized spacial score (nSPS) is 10.1. The van der Waals surface area contributed by atoms with E-state index in [2.05, 4.69) is 4.98 Å². The van der Waals surface area contributed by atoms with Gasteiger partial charge < -0.3 is 15.2 Å². The number of thiazole rings is 1. The molecule has 0 saturated heterocycles. The van der Waals surface area contributed by atoms with Crippen molar-refractivity contribution >= 4 is 23.0 Å². The van der Waals surface area contributed by atoms with Crippen LogP contribution in [0.2, 0.25) is 0 Å². The second-order valence-corrected chi connectivity index (χ2v) is 4.48. The summed E-state index contributed by atoms with van der Waals surface area (Å²) in [5, 5.41) is 2.58. The molecule has 5 nitrogen and oxygen atoms in total. The number of nitrogen functional groups attached to an aromatic ring is 1. The second-order valence-electron chi connectivity index (χ2n) is 3.50. The molecule has 0 aliphatic heterocycles. The van der Waals surface area contributed by atoms with Crippen molar-refractivity contribution in [1.29, 1.82) is 0 Å². The van der Waals surface area contributed by atoms with Gasteiger partial charge in [-0.1, -0.05) is 0 Å². The zero-order valence-corrected chi connectivity index (χ0v) is 10.6. The zero-order chi connectivity index (χ0) is 13.0.